The third kappa shape index (κ3) is 4.74. The van der Waals surface area contributed by atoms with Gasteiger partial charge >= 0.3 is 0 Å². The van der Waals surface area contributed by atoms with Crippen LogP contribution in [-0.4, -0.2) is 13.1 Å². The van der Waals surface area contributed by atoms with E-state index in [1.165, 1.54) is 0 Å². The first kappa shape index (κ1) is 12.6. The lowest BCUT2D eigenvalue weighted by atomic mass is 10.2. The van der Waals surface area contributed by atoms with E-state index in [0.29, 0.717) is 10.0 Å². The maximum Gasteiger partial charge on any atom is 0.0612 e. The Labute approximate surface area is 101 Å². The second-order valence-corrected chi connectivity index (χ2v) is 4.22. The SMILES string of the molecule is NCCCCCNc1ccc(Cl)c(Cl)c1. The summed E-state index contributed by atoms with van der Waals surface area (Å²) in [5.41, 5.74) is 6.42. The van der Waals surface area contributed by atoms with Gasteiger partial charge < -0.3 is 11.1 Å². The van der Waals surface area contributed by atoms with E-state index >= 15 is 0 Å². The average molecular weight is 247 g/mol. The fourth-order valence-electron chi connectivity index (χ4n) is 1.28. The lowest BCUT2D eigenvalue weighted by Crippen LogP contribution is -2.03. The van der Waals surface area contributed by atoms with Crippen molar-refractivity contribution in [2.75, 3.05) is 18.4 Å². The molecule has 1 aromatic carbocycles. The van der Waals surface area contributed by atoms with Crippen LogP contribution in [-0.2, 0) is 0 Å². The second kappa shape index (κ2) is 6.94. The minimum absolute atomic E-state index is 0.587. The van der Waals surface area contributed by atoms with Crippen LogP contribution in [0.15, 0.2) is 18.2 Å². The number of anilines is 1. The first-order valence-corrected chi connectivity index (χ1v) is 5.88. The molecule has 0 spiro atoms. The van der Waals surface area contributed by atoms with Gasteiger partial charge in [-0.1, -0.05) is 29.6 Å². The average Bonchev–Trinajstić information content (AvgIpc) is 2.23. The molecule has 4 heteroatoms. The summed E-state index contributed by atoms with van der Waals surface area (Å²) in [7, 11) is 0. The van der Waals surface area contributed by atoms with Gasteiger partial charge in [0.1, 0.15) is 0 Å². The summed E-state index contributed by atoms with van der Waals surface area (Å²) in [6, 6.07) is 5.57. The van der Waals surface area contributed by atoms with E-state index in [-0.39, 0.29) is 0 Å². The summed E-state index contributed by atoms with van der Waals surface area (Å²) >= 11 is 11.7. The summed E-state index contributed by atoms with van der Waals surface area (Å²) in [4.78, 5) is 0. The van der Waals surface area contributed by atoms with Gasteiger partial charge in [0.2, 0.25) is 0 Å². The van der Waals surface area contributed by atoms with Crippen LogP contribution in [0.3, 0.4) is 0 Å². The van der Waals surface area contributed by atoms with Gasteiger partial charge in [0, 0.05) is 12.2 Å². The fourth-order valence-corrected chi connectivity index (χ4v) is 1.58. The molecule has 0 bridgehead atoms. The summed E-state index contributed by atoms with van der Waals surface area (Å²) in [5.74, 6) is 0. The highest BCUT2D eigenvalue weighted by Crippen LogP contribution is 2.24. The van der Waals surface area contributed by atoms with Gasteiger partial charge in [-0.05, 0) is 37.6 Å². The largest absolute Gasteiger partial charge is 0.385 e. The van der Waals surface area contributed by atoms with Crippen LogP contribution in [0.5, 0.6) is 0 Å². The number of nitrogens with two attached hydrogens (primary N) is 1. The third-order valence-electron chi connectivity index (χ3n) is 2.13. The van der Waals surface area contributed by atoms with Crippen LogP contribution < -0.4 is 11.1 Å². The molecule has 2 nitrogen and oxygen atoms in total. The smallest absolute Gasteiger partial charge is 0.0612 e. The van der Waals surface area contributed by atoms with Gasteiger partial charge in [0.05, 0.1) is 10.0 Å². The number of hydrogen-bond donors (Lipinski definition) is 2. The Hall–Kier alpha value is -0.440. The van der Waals surface area contributed by atoms with Gasteiger partial charge in [-0.25, -0.2) is 0 Å². The first-order valence-electron chi connectivity index (χ1n) is 5.13. The Morgan fingerprint density at radius 1 is 1.07 bits per heavy atom. The Bertz CT molecular complexity index is 303. The van der Waals surface area contributed by atoms with Gasteiger partial charge in [-0.15, -0.1) is 0 Å². The number of rotatable bonds is 6. The monoisotopic (exact) mass is 246 g/mol. The quantitative estimate of drug-likeness (QED) is 0.754. The molecule has 0 fully saturated rings. The molecule has 0 unspecified atom stereocenters. The van der Waals surface area contributed by atoms with Crippen LogP contribution >= 0.6 is 23.2 Å². The molecule has 0 atom stereocenters. The Morgan fingerprint density at radius 2 is 1.87 bits per heavy atom. The summed E-state index contributed by atoms with van der Waals surface area (Å²) in [5, 5.41) is 4.46. The second-order valence-electron chi connectivity index (χ2n) is 3.40. The molecule has 1 aromatic rings. The van der Waals surface area contributed by atoms with E-state index in [9.17, 15) is 0 Å². The van der Waals surface area contributed by atoms with Crippen molar-refractivity contribution in [3.8, 4) is 0 Å². The maximum absolute atomic E-state index is 5.89. The van der Waals surface area contributed by atoms with E-state index in [2.05, 4.69) is 5.32 Å². The molecule has 0 aliphatic rings. The van der Waals surface area contributed by atoms with Crippen LogP contribution in [0, 0.1) is 0 Å². The highest BCUT2D eigenvalue weighted by Gasteiger charge is 1.98. The third-order valence-corrected chi connectivity index (χ3v) is 2.87. The minimum Gasteiger partial charge on any atom is -0.385 e. The van der Waals surface area contributed by atoms with E-state index in [0.717, 1.165) is 38.0 Å². The molecule has 0 aromatic heterocycles. The highest BCUT2D eigenvalue weighted by atomic mass is 35.5. The predicted molar refractivity (Wildman–Crippen MR) is 67.9 cm³/mol. The zero-order chi connectivity index (χ0) is 11.1. The highest BCUT2D eigenvalue weighted by molar-refractivity contribution is 6.42. The number of unbranched alkanes of at least 4 members (excludes halogenated alkanes) is 2. The van der Waals surface area contributed by atoms with Crippen molar-refractivity contribution in [3.63, 3.8) is 0 Å². The molecule has 0 saturated carbocycles. The molecule has 0 radical (unpaired) electrons. The van der Waals surface area contributed by atoms with Crippen molar-refractivity contribution >= 4 is 28.9 Å². The van der Waals surface area contributed by atoms with Crippen molar-refractivity contribution in [1.82, 2.24) is 0 Å². The lowest BCUT2D eigenvalue weighted by Gasteiger charge is -2.06. The summed E-state index contributed by atoms with van der Waals surface area (Å²) < 4.78 is 0. The first-order chi connectivity index (χ1) is 7.24. The Kier molecular flexibility index (Phi) is 5.84. The van der Waals surface area contributed by atoms with Crippen molar-refractivity contribution in [2.24, 2.45) is 5.73 Å². The van der Waals surface area contributed by atoms with E-state index < -0.39 is 0 Å². The number of hydrogen-bond acceptors (Lipinski definition) is 2. The van der Waals surface area contributed by atoms with Crippen LogP contribution in [0.2, 0.25) is 10.0 Å². The number of nitrogens with one attached hydrogen (secondary N) is 1. The van der Waals surface area contributed by atoms with Gasteiger partial charge in [0.15, 0.2) is 0 Å². The maximum atomic E-state index is 5.89. The van der Waals surface area contributed by atoms with Gasteiger partial charge in [0.25, 0.3) is 0 Å². The molecule has 15 heavy (non-hydrogen) atoms. The standard InChI is InChI=1S/C11H16Cl2N2/c12-10-5-4-9(8-11(10)13)15-7-3-1-2-6-14/h4-5,8,15H,1-3,6-7,14H2. The van der Waals surface area contributed by atoms with Gasteiger partial charge in [-0.2, -0.15) is 0 Å². The summed E-state index contributed by atoms with van der Waals surface area (Å²) in [6.45, 7) is 1.71. The van der Waals surface area contributed by atoms with E-state index in [1.807, 2.05) is 12.1 Å². The van der Waals surface area contributed by atoms with Crippen molar-refractivity contribution in [1.29, 1.82) is 0 Å². The molecular formula is C11H16Cl2N2. The van der Waals surface area contributed by atoms with Crippen LogP contribution in [0.25, 0.3) is 0 Å². The topological polar surface area (TPSA) is 38.0 Å². The normalized spacial score (nSPS) is 10.3. The van der Waals surface area contributed by atoms with E-state index in [1.54, 1.807) is 6.07 Å². The molecule has 3 N–H and O–H groups in total. The summed E-state index contributed by atoms with van der Waals surface area (Å²) in [6.07, 6.45) is 3.37. The molecule has 1 rings (SSSR count). The molecule has 0 saturated heterocycles. The number of halogens is 2. The van der Waals surface area contributed by atoms with Crippen molar-refractivity contribution < 1.29 is 0 Å². The van der Waals surface area contributed by atoms with Crippen LogP contribution in [0.4, 0.5) is 5.69 Å². The zero-order valence-corrected chi connectivity index (χ0v) is 10.1. The molecule has 0 amide bonds. The molecule has 0 aliphatic heterocycles. The van der Waals surface area contributed by atoms with Crippen molar-refractivity contribution in [3.05, 3.63) is 28.2 Å². The molecular weight excluding hydrogens is 231 g/mol. The zero-order valence-electron chi connectivity index (χ0n) is 8.60. The Morgan fingerprint density at radius 3 is 2.53 bits per heavy atom. The fraction of sp³-hybridized carbons (Fsp3) is 0.455. The molecule has 0 heterocycles. The van der Waals surface area contributed by atoms with Crippen molar-refractivity contribution in [2.45, 2.75) is 19.3 Å². The van der Waals surface area contributed by atoms with Gasteiger partial charge in [-0.3, -0.25) is 0 Å². The molecule has 84 valence electrons. The van der Waals surface area contributed by atoms with E-state index in [4.69, 9.17) is 28.9 Å². The molecule has 0 aliphatic carbocycles. The predicted octanol–water partition coefficient (Wildman–Crippen LogP) is 3.53. The minimum atomic E-state index is 0.587. The number of benzene rings is 1. The Balaban J connectivity index is 2.28. The van der Waals surface area contributed by atoms with Crippen LogP contribution in [0.1, 0.15) is 19.3 Å². The lowest BCUT2D eigenvalue weighted by molar-refractivity contribution is 0.707.